The molecule has 0 spiro atoms. The van der Waals surface area contributed by atoms with Crippen LogP contribution in [0.1, 0.15) is 68.7 Å². The van der Waals surface area contributed by atoms with E-state index in [1.165, 1.54) is 56.9 Å². The monoisotopic (exact) mass is 592 g/mol. The van der Waals surface area contributed by atoms with Crippen molar-refractivity contribution in [2.75, 3.05) is 10.6 Å². The molecule has 2 fully saturated rings. The first-order chi connectivity index (χ1) is 20.0. The van der Waals surface area contributed by atoms with E-state index in [9.17, 15) is 9.65 Å². The fourth-order valence-corrected chi connectivity index (χ4v) is 6.45. The van der Waals surface area contributed by atoms with Gasteiger partial charge in [0, 0.05) is 35.0 Å². The van der Waals surface area contributed by atoms with Crippen LogP contribution in [0.15, 0.2) is 42.7 Å². The van der Waals surface area contributed by atoms with Crippen molar-refractivity contribution in [1.82, 2.24) is 25.3 Å². The summed E-state index contributed by atoms with van der Waals surface area (Å²) in [6.45, 7) is 0.460. The molecule has 2 aliphatic carbocycles. The molecule has 41 heavy (non-hydrogen) atoms. The Morgan fingerprint density at radius 1 is 0.976 bits per heavy atom. The van der Waals surface area contributed by atoms with Crippen molar-refractivity contribution < 1.29 is 4.39 Å². The predicted octanol–water partition coefficient (Wildman–Crippen LogP) is 7.52. The van der Waals surface area contributed by atoms with Gasteiger partial charge < -0.3 is 16.0 Å². The van der Waals surface area contributed by atoms with E-state index in [0.29, 0.717) is 57.5 Å². The lowest BCUT2D eigenvalue weighted by molar-refractivity contribution is 0.259. The molecule has 2 heterocycles. The van der Waals surface area contributed by atoms with Crippen molar-refractivity contribution >= 4 is 51.2 Å². The minimum absolute atomic E-state index is 0.0194. The highest BCUT2D eigenvalue weighted by atomic mass is 35.5. The van der Waals surface area contributed by atoms with E-state index in [2.05, 4.69) is 37.3 Å². The number of aromatic nitrogens is 4. The summed E-state index contributed by atoms with van der Waals surface area (Å²) in [7, 11) is 0. The third-order valence-corrected chi connectivity index (χ3v) is 8.74. The van der Waals surface area contributed by atoms with Crippen LogP contribution in [0.4, 0.5) is 21.5 Å². The molecule has 0 atom stereocenters. The Morgan fingerprint density at radius 3 is 2.49 bits per heavy atom. The second-order valence-corrected chi connectivity index (χ2v) is 11.8. The second-order valence-electron chi connectivity index (χ2n) is 11.0. The molecule has 0 unspecified atom stereocenters. The molecule has 0 amide bonds. The molecule has 0 radical (unpaired) electrons. The lowest BCUT2D eigenvalue weighted by Crippen LogP contribution is -2.39. The summed E-state index contributed by atoms with van der Waals surface area (Å²) < 4.78 is 15.7. The fourth-order valence-electron chi connectivity index (χ4n) is 6.00. The number of rotatable bonds is 8. The van der Waals surface area contributed by atoms with Crippen LogP contribution in [0.2, 0.25) is 10.0 Å². The van der Waals surface area contributed by atoms with Crippen LogP contribution < -0.4 is 16.0 Å². The quantitative estimate of drug-likeness (QED) is 0.194. The van der Waals surface area contributed by atoms with Gasteiger partial charge >= 0.3 is 0 Å². The first kappa shape index (κ1) is 27.7. The van der Waals surface area contributed by atoms with Gasteiger partial charge in [0.2, 0.25) is 0 Å². The van der Waals surface area contributed by atoms with Crippen LogP contribution in [0.5, 0.6) is 0 Å². The van der Waals surface area contributed by atoms with Gasteiger partial charge in [0.15, 0.2) is 0 Å². The zero-order valence-corrected chi connectivity index (χ0v) is 24.0. The average Bonchev–Trinajstić information content (AvgIpc) is 3.67. The number of anilines is 3. The van der Waals surface area contributed by atoms with Gasteiger partial charge in [-0.05, 0) is 68.9 Å². The van der Waals surface area contributed by atoms with Gasteiger partial charge in [-0.3, -0.25) is 4.98 Å². The minimum Gasteiger partial charge on any atom is -0.379 e. The lowest BCUT2D eigenvalue weighted by Gasteiger charge is -2.31. The molecule has 0 saturated heterocycles. The first-order valence-corrected chi connectivity index (χ1v) is 14.9. The Morgan fingerprint density at radius 2 is 1.73 bits per heavy atom. The van der Waals surface area contributed by atoms with Crippen molar-refractivity contribution in [3.8, 4) is 6.07 Å². The number of benzene rings is 2. The molecular weight excluding hydrogens is 562 g/mol. The van der Waals surface area contributed by atoms with E-state index >= 15 is 0 Å². The maximum absolute atomic E-state index is 13.7. The number of nitrogens with one attached hydrogen (secondary N) is 3. The molecule has 0 bridgehead atoms. The Kier molecular flexibility index (Phi) is 8.24. The topological polar surface area (TPSA) is 103 Å². The molecule has 4 aromatic rings. The van der Waals surface area contributed by atoms with Gasteiger partial charge in [-0.15, -0.1) is 5.10 Å². The molecular formula is C30H31Cl2FN8. The van der Waals surface area contributed by atoms with Crippen LogP contribution in [0.25, 0.3) is 10.9 Å². The van der Waals surface area contributed by atoms with Crippen molar-refractivity contribution in [2.24, 2.45) is 0 Å². The molecule has 2 aliphatic rings. The van der Waals surface area contributed by atoms with Gasteiger partial charge in [-0.2, -0.15) is 5.26 Å². The van der Waals surface area contributed by atoms with Crippen LogP contribution in [0.3, 0.4) is 0 Å². The summed E-state index contributed by atoms with van der Waals surface area (Å²) in [5.74, 6) is -0.521. The smallest absolute Gasteiger partial charge is 0.141 e. The maximum Gasteiger partial charge on any atom is 0.141 e. The normalized spacial score (nSPS) is 19.4. The van der Waals surface area contributed by atoms with Crippen LogP contribution in [0, 0.1) is 17.1 Å². The summed E-state index contributed by atoms with van der Waals surface area (Å²) >= 11 is 12.6. The molecule has 8 nitrogen and oxygen atoms in total. The zero-order chi connectivity index (χ0) is 28.3. The highest BCUT2D eigenvalue weighted by Gasteiger charge is 2.26. The minimum atomic E-state index is -0.521. The number of nitrogens with zero attached hydrogens (tertiary/aromatic N) is 5. The molecule has 2 saturated carbocycles. The van der Waals surface area contributed by atoms with E-state index in [4.69, 9.17) is 23.2 Å². The maximum atomic E-state index is 13.7. The fraction of sp³-hybridized carbons (Fsp3) is 0.400. The van der Waals surface area contributed by atoms with Gasteiger partial charge in [0.25, 0.3) is 0 Å². The van der Waals surface area contributed by atoms with E-state index in [0.717, 1.165) is 24.2 Å². The number of hydrogen-bond acceptors (Lipinski definition) is 7. The van der Waals surface area contributed by atoms with Crippen molar-refractivity contribution in [3.05, 3.63) is 69.8 Å². The van der Waals surface area contributed by atoms with Gasteiger partial charge in [-0.1, -0.05) is 41.3 Å². The number of nitriles is 1. The predicted molar refractivity (Wildman–Crippen MR) is 160 cm³/mol. The standard InChI is InChI=1S/C30H31Cl2FN8/c31-26-12-21(7-10-28(26)33)38-29-18(14-34)15-36-30-25(29)11-22(13-27(30)32)35-16-23-17-41(40-39-23)24-8-5-20(6-9-24)37-19-3-1-2-4-19/h7,10-13,15,17,19-20,24,35,37H,1-6,8-9,16H2,(H,36,38). The van der Waals surface area contributed by atoms with Crippen LogP contribution in [-0.4, -0.2) is 32.1 Å². The Bertz CT molecular complexity index is 1590. The van der Waals surface area contributed by atoms with Crippen LogP contribution in [-0.2, 0) is 6.54 Å². The second kappa shape index (κ2) is 12.2. The third-order valence-electron chi connectivity index (χ3n) is 8.16. The number of pyridine rings is 1. The lowest BCUT2D eigenvalue weighted by atomic mass is 9.90. The highest BCUT2D eigenvalue weighted by molar-refractivity contribution is 6.36. The SMILES string of the molecule is N#Cc1cnc2c(Cl)cc(NCc3cn(C4CCC(NC5CCCC5)CC4)nn3)cc2c1Nc1ccc(F)c(Cl)c1. The molecule has 2 aromatic carbocycles. The summed E-state index contributed by atoms with van der Waals surface area (Å²) in [5, 5.41) is 30.1. The molecule has 3 N–H and O–H groups in total. The summed E-state index contributed by atoms with van der Waals surface area (Å²) in [6.07, 6.45) is 13.4. The Labute approximate surface area is 248 Å². The van der Waals surface area contributed by atoms with E-state index < -0.39 is 5.82 Å². The average molecular weight is 594 g/mol. The van der Waals surface area contributed by atoms with E-state index in [-0.39, 0.29) is 5.02 Å². The third kappa shape index (κ3) is 6.25. The number of fused-ring (bicyclic) bond motifs is 1. The molecule has 6 rings (SSSR count). The molecule has 0 aliphatic heterocycles. The number of halogens is 3. The number of hydrogen-bond donors (Lipinski definition) is 3. The van der Waals surface area contributed by atoms with E-state index in [1.807, 2.05) is 16.9 Å². The van der Waals surface area contributed by atoms with Crippen molar-refractivity contribution in [1.29, 1.82) is 5.26 Å². The van der Waals surface area contributed by atoms with Crippen molar-refractivity contribution in [2.45, 2.75) is 76.0 Å². The van der Waals surface area contributed by atoms with Gasteiger partial charge in [0.05, 0.1) is 45.6 Å². The highest BCUT2D eigenvalue weighted by Crippen LogP contribution is 2.36. The van der Waals surface area contributed by atoms with Gasteiger partial charge in [-0.25, -0.2) is 9.07 Å². The summed E-state index contributed by atoms with van der Waals surface area (Å²) in [6, 6.07) is 11.8. The molecule has 2 aromatic heterocycles. The van der Waals surface area contributed by atoms with Crippen LogP contribution >= 0.6 is 23.2 Å². The van der Waals surface area contributed by atoms with Crippen molar-refractivity contribution in [3.63, 3.8) is 0 Å². The summed E-state index contributed by atoms with van der Waals surface area (Å²) in [5.41, 5.74) is 3.48. The Balaban J connectivity index is 1.15. The summed E-state index contributed by atoms with van der Waals surface area (Å²) in [4.78, 5) is 4.40. The van der Waals surface area contributed by atoms with Gasteiger partial charge in [0.1, 0.15) is 17.6 Å². The first-order valence-electron chi connectivity index (χ1n) is 14.1. The molecule has 212 valence electrons. The zero-order valence-electron chi connectivity index (χ0n) is 22.5. The Hall–Kier alpha value is -3.45. The van der Waals surface area contributed by atoms with E-state index in [1.54, 1.807) is 12.1 Å². The largest absolute Gasteiger partial charge is 0.379 e. The molecule has 11 heteroatoms.